The van der Waals surface area contributed by atoms with Gasteiger partial charge in [-0.1, -0.05) is 37.8 Å². The van der Waals surface area contributed by atoms with Crippen LogP contribution in [0, 0.1) is 11.8 Å². The van der Waals surface area contributed by atoms with Crippen LogP contribution >= 0.6 is 0 Å². The zero-order chi connectivity index (χ0) is 12.7. The number of methoxy groups -OCH3 is 1. The lowest BCUT2D eigenvalue weighted by atomic mass is 9.89. The topological polar surface area (TPSA) is 58.9 Å². The van der Waals surface area contributed by atoms with E-state index in [1.54, 1.807) is 0 Å². The Morgan fingerprint density at radius 3 is 2.82 bits per heavy atom. The van der Waals surface area contributed by atoms with Crippen LogP contribution in [-0.4, -0.2) is 24.0 Å². The SMILES string of the molecule is CCCCCCC1/C(=N\O)CCC1C(=O)OC. The van der Waals surface area contributed by atoms with Crippen LogP contribution in [0.15, 0.2) is 5.16 Å². The molecule has 0 aromatic heterocycles. The van der Waals surface area contributed by atoms with Crippen LogP contribution in [0.3, 0.4) is 0 Å². The van der Waals surface area contributed by atoms with Crippen molar-refractivity contribution in [1.82, 2.24) is 0 Å². The number of hydrogen-bond acceptors (Lipinski definition) is 4. The normalized spacial score (nSPS) is 26.4. The molecule has 1 aliphatic rings. The minimum Gasteiger partial charge on any atom is -0.469 e. The van der Waals surface area contributed by atoms with Gasteiger partial charge in [0.1, 0.15) is 0 Å². The Labute approximate surface area is 103 Å². The summed E-state index contributed by atoms with van der Waals surface area (Å²) in [6, 6.07) is 0. The summed E-state index contributed by atoms with van der Waals surface area (Å²) in [7, 11) is 1.42. The number of carbonyl (C=O) groups excluding carboxylic acids is 1. The molecule has 0 bridgehead atoms. The molecule has 4 nitrogen and oxygen atoms in total. The smallest absolute Gasteiger partial charge is 0.309 e. The van der Waals surface area contributed by atoms with Crippen LogP contribution in [0.5, 0.6) is 0 Å². The third-order valence-corrected chi connectivity index (χ3v) is 3.63. The van der Waals surface area contributed by atoms with Gasteiger partial charge in [-0.25, -0.2) is 0 Å². The Bertz CT molecular complexity index is 276. The Morgan fingerprint density at radius 1 is 1.47 bits per heavy atom. The van der Waals surface area contributed by atoms with Gasteiger partial charge in [-0.2, -0.15) is 0 Å². The molecule has 4 heteroatoms. The zero-order valence-corrected chi connectivity index (χ0v) is 10.8. The molecule has 0 spiro atoms. The Balaban J connectivity index is 2.52. The van der Waals surface area contributed by atoms with E-state index in [0.29, 0.717) is 6.42 Å². The first-order chi connectivity index (χ1) is 8.24. The van der Waals surface area contributed by atoms with Crippen LogP contribution in [0.1, 0.15) is 51.9 Å². The second-order valence-electron chi connectivity index (χ2n) is 4.72. The van der Waals surface area contributed by atoms with Crippen LogP contribution in [0.4, 0.5) is 0 Å². The lowest BCUT2D eigenvalue weighted by Crippen LogP contribution is -2.23. The number of unbranched alkanes of at least 4 members (excludes halogenated alkanes) is 3. The molecule has 1 rings (SSSR count). The standard InChI is InChI=1S/C13H23NO3/c1-3-4-5-6-7-10-11(13(15)17-2)8-9-12(10)14-16/h10-11,16H,3-9H2,1-2H3/b14-12-. The van der Waals surface area contributed by atoms with Crippen molar-refractivity contribution in [3.05, 3.63) is 0 Å². The van der Waals surface area contributed by atoms with E-state index in [9.17, 15) is 4.79 Å². The first kappa shape index (κ1) is 14.0. The van der Waals surface area contributed by atoms with Crippen LogP contribution in [0.2, 0.25) is 0 Å². The first-order valence-electron chi connectivity index (χ1n) is 6.53. The van der Waals surface area contributed by atoms with Gasteiger partial charge in [0.15, 0.2) is 0 Å². The molecule has 0 heterocycles. The second kappa shape index (κ2) is 7.30. The minimum atomic E-state index is -0.163. The molecule has 1 fully saturated rings. The lowest BCUT2D eigenvalue weighted by molar-refractivity contribution is -0.146. The molecule has 0 amide bonds. The van der Waals surface area contributed by atoms with Gasteiger partial charge in [0.2, 0.25) is 0 Å². The molecular weight excluding hydrogens is 218 g/mol. The summed E-state index contributed by atoms with van der Waals surface area (Å²) < 4.78 is 4.81. The summed E-state index contributed by atoms with van der Waals surface area (Å²) in [4.78, 5) is 11.6. The van der Waals surface area contributed by atoms with Crippen molar-refractivity contribution in [3.8, 4) is 0 Å². The number of hydrogen-bond donors (Lipinski definition) is 1. The highest BCUT2D eigenvalue weighted by atomic mass is 16.5. The van der Waals surface area contributed by atoms with Crippen molar-refractivity contribution in [2.75, 3.05) is 7.11 Å². The van der Waals surface area contributed by atoms with Gasteiger partial charge < -0.3 is 9.94 Å². The largest absolute Gasteiger partial charge is 0.469 e. The summed E-state index contributed by atoms with van der Waals surface area (Å²) in [6.07, 6.45) is 7.09. The van der Waals surface area contributed by atoms with Crippen LogP contribution in [0.25, 0.3) is 0 Å². The third kappa shape index (κ3) is 3.72. The van der Waals surface area contributed by atoms with Gasteiger partial charge in [-0.15, -0.1) is 0 Å². The molecule has 2 unspecified atom stereocenters. The summed E-state index contributed by atoms with van der Waals surface area (Å²) in [5.41, 5.74) is 0.775. The zero-order valence-electron chi connectivity index (χ0n) is 10.8. The number of oxime groups is 1. The van der Waals surface area contributed by atoms with Crippen molar-refractivity contribution in [3.63, 3.8) is 0 Å². The molecule has 0 radical (unpaired) electrons. The van der Waals surface area contributed by atoms with Crippen LogP contribution in [-0.2, 0) is 9.53 Å². The fourth-order valence-electron chi connectivity index (χ4n) is 2.64. The Kier molecular flexibility index (Phi) is 6.01. The second-order valence-corrected chi connectivity index (χ2v) is 4.72. The fraction of sp³-hybridized carbons (Fsp3) is 0.846. The molecule has 17 heavy (non-hydrogen) atoms. The average molecular weight is 241 g/mol. The minimum absolute atomic E-state index is 0.0873. The molecule has 0 aromatic rings. The third-order valence-electron chi connectivity index (χ3n) is 3.63. The van der Waals surface area contributed by atoms with Gasteiger partial charge in [0.25, 0.3) is 0 Å². The summed E-state index contributed by atoms with van der Waals surface area (Å²) >= 11 is 0. The first-order valence-corrected chi connectivity index (χ1v) is 6.53. The molecule has 98 valence electrons. The van der Waals surface area contributed by atoms with Gasteiger partial charge in [0, 0.05) is 5.92 Å². The van der Waals surface area contributed by atoms with Crippen molar-refractivity contribution < 1.29 is 14.7 Å². The molecule has 1 aliphatic carbocycles. The molecular formula is C13H23NO3. The van der Waals surface area contributed by atoms with E-state index in [1.165, 1.54) is 26.4 Å². The van der Waals surface area contributed by atoms with E-state index < -0.39 is 0 Å². The van der Waals surface area contributed by atoms with Gasteiger partial charge in [-0.3, -0.25) is 4.79 Å². The highest BCUT2D eigenvalue weighted by Gasteiger charge is 2.38. The quantitative estimate of drug-likeness (QED) is 0.336. The van der Waals surface area contributed by atoms with Gasteiger partial charge in [-0.05, 0) is 19.3 Å². The van der Waals surface area contributed by atoms with E-state index >= 15 is 0 Å². The molecule has 0 saturated heterocycles. The van der Waals surface area contributed by atoms with E-state index in [0.717, 1.165) is 25.0 Å². The maximum absolute atomic E-state index is 11.6. The molecule has 0 aromatic carbocycles. The monoisotopic (exact) mass is 241 g/mol. The average Bonchev–Trinajstić information content (AvgIpc) is 2.76. The summed E-state index contributed by atoms with van der Waals surface area (Å²) in [5.74, 6) is -0.180. The Morgan fingerprint density at radius 2 is 2.24 bits per heavy atom. The van der Waals surface area contributed by atoms with Gasteiger partial charge >= 0.3 is 5.97 Å². The summed E-state index contributed by atoms with van der Waals surface area (Å²) in [6.45, 7) is 2.17. The van der Waals surface area contributed by atoms with Crippen molar-refractivity contribution in [2.24, 2.45) is 17.0 Å². The Hall–Kier alpha value is -1.06. The lowest BCUT2D eigenvalue weighted by Gasteiger charge is -2.17. The number of nitrogens with zero attached hydrogens (tertiary/aromatic N) is 1. The molecule has 2 atom stereocenters. The van der Waals surface area contributed by atoms with Crippen LogP contribution < -0.4 is 0 Å². The number of ether oxygens (including phenoxy) is 1. The van der Waals surface area contributed by atoms with Crippen molar-refractivity contribution in [1.29, 1.82) is 0 Å². The predicted octanol–water partition coefficient (Wildman–Crippen LogP) is 2.99. The van der Waals surface area contributed by atoms with E-state index in [4.69, 9.17) is 9.94 Å². The van der Waals surface area contributed by atoms with E-state index in [-0.39, 0.29) is 17.8 Å². The van der Waals surface area contributed by atoms with Crippen molar-refractivity contribution >= 4 is 11.7 Å². The number of esters is 1. The highest BCUT2D eigenvalue weighted by Crippen LogP contribution is 2.34. The molecule has 0 aliphatic heterocycles. The molecule has 1 saturated carbocycles. The van der Waals surface area contributed by atoms with Gasteiger partial charge in [0.05, 0.1) is 18.7 Å². The maximum Gasteiger partial charge on any atom is 0.309 e. The highest BCUT2D eigenvalue weighted by molar-refractivity contribution is 5.93. The van der Waals surface area contributed by atoms with E-state index in [2.05, 4.69) is 12.1 Å². The fourth-order valence-corrected chi connectivity index (χ4v) is 2.64. The summed E-state index contributed by atoms with van der Waals surface area (Å²) in [5, 5.41) is 12.3. The number of carbonyl (C=O) groups is 1. The number of rotatable bonds is 6. The van der Waals surface area contributed by atoms with E-state index in [1.807, 2.05) is 0 Å². The molecule has 1 N–H and O–H groups in total. The van der Waals surface area contributed by atoms with Crippen molar-refractivity contribution in [2.45, 2.75) is 51.9 Å². The maximum atomic E-state index is 11.6. The predicted molar refractivity (Wildman–Crippen MR) is 66.2 cm³/mol.